The lowest BCUT2D eigenvalue weighted by Gasteiger charge is -2.40. The Balaban J connectivity index is 1.89. The molecule has 164 valence electrons. The monoisotopic (exact) mass is 466 g/mol. The number of ether oxygens (including phenoxy) is 1. The molecular weight excluding hydrogens is 447 g/mol. The van der Waals surface area contributed by atoms with Gasteiger partial charge in [-0.05, 0) is 36.2 Å². The molecule has 1 atom stereocenters. The zero-order chi connectivity index (χ0) is 22.4. The number of nitrogens with one attached hydrogen (secondary N) is 1. The molecule has 2 heterocycles. The second-order valence-corrected chi connectivity index (χ2v) is 7.44. The average molecular weight is 467 g/mol. The predicted octanol–water partition coefficient (Wildman–Crippen LogP) is 2.86. The van der Waals surface area contributed by atoms with E-state index in [-0.39, 0.29) is 32.4 Å². The van der Waals surface area contributed by atoms with Gasteiger partial charge in [-0.2, -0.15) is 0 Å². The zero-order valence-corrected chi connectivity index (χ0v) is 18.1. The summed E-state index contributed by atoms with van der Waals surface area (Å²) in [6.07, 6.45) is 1.58. The molecule has 10 nitrogen and oxygen atoms in total. The van der Waals surface area contributed by atoms with Gasteiger partial charge < -0.3 is 15.0 Å². The minimum absolute atomic E-state index is 0.0786. The van der Waals surface area contributed by atoms with Gasteiger partial charge >= 0.3 is 5.97 Å². The lowest BCUT2D eigenvalue weighted by atomic mass is 10.1. The Kier molecular flexibility index (Phi) is 7.61. The van der Waals surface area contributed by atoms with E-state index in [9.17, 15) is 14.9 Å². The largest absolute Gasteiger partial charge is 0.465 e. The Labute approximate surface area is 188 Å². The van der Waals surface area contributed by atoms with Crippen molar-refractivity contribution in [2.75, 3.05) is 19.9 Å². The number of aromatic nitrogens is 1. The van der Waals surface area contributed by atoms with Crippen molar-refractivity contribution < 1.29 is 14.6 Å². The molecule has 0 saturated carbocycles. The molecule has 1 fully saturated rings. The third-order valence-corrected chi connectivity index (χ3v) is 4.97. The summed E-state index contributed by atoms with van der Waals surface area (Å²) in [5, 5.41) is 17.5. The van der Waals surface area contributed by atoms with Crippen LogP contribution in [0.2, 0.25) is 10.2 Å². The number of carbonyl (C=O) groups is 1. The quantitative estimate of drug-likeness (QED) is 0.286. The first-order chi connectivity index (χ1) is 14.9. The maximum Gasteiger partial charge on any atom is 0.328 e. The molecule has 1 N–H and O–H groups in total. The minimum Gasteiger partial charge on any atom is -0.465 e. The van der Waals surface area contributed by atoms with E-state index in [2.05, 4.69) is 15.4 Å². The van der Waals surface area contributed by atoms with Gasteiger partial charge in [0, 0.05) is 17.8 Å². The highest BCUT2D eigenvalue weighted by Gasteiger charge is 2.35. The topological polar surface area (TPSA) is 113 Å². The van der Waals surface area contributed by atoms with Crippen LogP contribution in [-0.4, -0.2) is 51.7 Å². The molecule has 0 bridgehead atoms. The third-order valence-electron chi connectivity index (χ3n) is 4.49. The van der Waals surface area contributed by atoms with Crippen LogP contribution >= 0.6 is 23.2 Å². The minimum atomic E-state index is -0.771. The standard InChI is InChI=1S/C19H20Cl2N6O4/c1-2-31-18(28)17(14-4-6-15(20)7-5-14)26-11-23-19(24-27(29)30)25(12-26)10-13-3-8-16(21)22-9-13/h3-9,17H,2,10-12H2,1H3,(H,23,24)/t17-/m0/s1. The van der Waals surface area contributed by atoms with Crippen molar-refractivity contribution >= 4 is 35.1 Å². The fourth-order valence-corrected chi connectivity index (χ4v) is 3.41. The first-order valence-electron chi connectivity index (χ1n) is 9.35. The zero-order valence-electron chi connectivity index (χ0n) is 16.6. The molecule has 2 aromatic rings. The highest BCUT2D eigenvalue weighted by atomic mass is 35.5. The van der Waals surface area contributed by atoms with Crippen molar-refractivity contribution in [1.82, 2.24) is 20.1 Å². The van der Waals surface area contributed by atoms with E-state index >= 15 is 0 Å². The van der Waals surface area contributed by atoms with Gasteiger partial charge in [-0.25, -0.2) is 19.9 Å². The summed E-state index contributed by atoms with van der Waals surface area (Å²) < 4.78 is 5.28. The number of hydrogen-bond donors (Lipinski definition) is 1. The fraction of sp³-hybridized carbons (Fsp3) is 0.316. The van der Waals surface area contributed by atoms with Gasteiger partial charge in [0.2, 0.25) is 0 Å². The fourth-order valence-electron chi connectivity index (χ4n) is 3.18. The van der Waals surface area contributed by atoms with Crippen molar-refractivity contribution in [3.63, 3.8) is 0 Å². The van der Waals surface area contributed by atoms with Gasteiger partial charge in [0.1, 0.15) is 16.3 Å². The molecule has 0 unspecified atom stereocenters. The van der Waals surface area contributed by atoms with Gasteiger partial charge in [-0.1, -0.05) is 41.4 Å². The average Bonchev–Trinajstić information content (AvgIpc) is 2.73. The summed E-state index contributed by atoms with van der Waals surface area (Å²) in [7, 11) is 0. The number of carbonyl (C=O) groups excluding carboxylic acids is 1. The molecule has 0 spiro atoms. The Bertz CT molecular complexity index is 955. The van der Waals surface area contributed by atoms with Gasteiger partial charge in [-0.3, -0.25) is 4.90 Å². The molecule has 1 aliphatic heterocycles. The molecule has 12 heteroatoms. The van der Waals surface area contributed by atoms with Crippen LogP contribution in [0.15, 0.2) is 47.7 Å². The van der Waals surface area contributed by atoms with Crippen molar-refractivity contribution in [2.24, 2.45) is 5.10 Å². The summed E-state index contributed by atoms with van der Waals surface area (Å²) in [5.41, 5.74) is 1.45. The second-order valence-electron chi connectivity index (χ2n) is 6.62. The maximum absolute atomic E-state index is 12.8. The number of nitro groups is 1. The number of benzene rings is 1. The SMILES string of the molecule is CCOC(=O)[C@H](c1ccc(Cl)cc1)N1CN/C(=N\[N+](=O)[O-])N(Cc2ccc(Cl)nc2)C1. The van der Waals surface area contributed by atoms with E-state index in [1.807, 2.05) is 0 Å². The number of nitrogens with zero attached hydrogens (tertiary/aromatic N) is 5. The van der Waals surface area contributed by atoms with Crippen molar-refractivity contribution in [3.05, 3.63) is 74.0 Å². The molecule has 0 radical (unpaired) electrons. The van der Waals surface area contributed by atoms with Crippen molar-refractivity contribution in [1.29, 1.82) is 0 Å². The first kappa shape index (κ1) is 22.7. The molecule has 31 heavy (non-hydrogen) atoms. The number of rotatable bonds is 7. The number of hydrogen-bond acceptors (Lipinski definition) is 6. The highest BCUT2D eigenvalue weighted by molar-refractivity contribution is 6.30. The Hall–Kier alpha value is -2.95. The molecule has 1 aromatic carbocycles. The summed E-state index contributed by atoms with van der Waals surface area (Å²) in [6.45, 7) is 2.53. The van der Waals surface area contributed by atoms with Crippen LogP contribution in [0.25, 0.3) is 0 Å². The number of halogens is 2. The summed E-state index contributed by atoms with van der Waals surface area (Å²) in [6, 6.07) is 9.53. The Morgan fingerprint density at radius 3 is 2.68 bits per heavy atom. The summed E-state index contributed by atoms with van der Waals surface area (Å²) >= 11 is 11.8. The van der Waals surface area contributed by atoms with E-state index in [0.29, 0.717) is 15.7 Å². The summed E-state index contributed by atoms with van der Waals surface area (Å²) in [5.74, 6) is -0.357. The first-order valence-corrected chi connectivity index (χ1v) is 10.1. The van der Waals surface area contributed by atoms with Crippen LogP contribution in [0.3, 0.4) is 0 Å². The third kappa shape index (κ3) is 6.03. The van der Waals surface area contributed by atoms with Gasteiger partial charge in [-0.15, -0.1) is 0 Å². The van der Waals surface area contributed by atoms with Crippen LogP contribution in [0, 0.1) is 10.1 Å². The normalized spacial score (nSPS) is 16.6. The van der Waals surface area contributed by atoms with Crippen LogP contribution < -0.4 is 5.32 Å². The van der Waals surface area contributed by atoms with Crippen LogP contribution in [0.4, 0.5) is 0 Å². The maximum atomic E-state index is 12.8. The smallest absolute Gasteiger partial charge is 0.328 e. The predicted molar refractivity (Wildman–Crippen MR) is 115 cm³/mol. The molecule has 1 aliphatic rings. The Morgan fingerprint density at radius 2 is 2.06 bits per heavy atom. The lowest BCUT2D eigenvalue weighted by Crippen LogP contribution is -2.58. The van der Waals surface area contributed by atoms with E-state index in [1.54, 1.807) is 59.3 Å². The molecule has 1 aromatic heterocycles. The molecule has 3 rings (SSSR count). The van der Waals surface area contributed by atoms with Crippen LogP contribution in [0.5, 0.6) is 0 Å². The van der Waals surface area contributed by atoms with E-state index in [4.69, 9.17) is 27.9 Å². The number of hydrazone groups is 1. The molecular formula is C19H20Cl2N6O4. The number of guanidine groups is 1. The molecule has 1 saturated heterocycles. The number of esters is 1. The van der Waals surface area contributed by atoms with Gasteiger partial charge in [0.15, 0.2) is 5.03 Å². The highest BCUT2D eigenvalue weighted by Crippen LogP contribution is 2.26. The van der Waals surface area contributed by atoms with E-state index in [0.717, 1.165) is 5.56 Å². The van der Waals surface area contributed by atoms with Crippen LogP contribution in [0.1, 0.15) is 24.1 Å². The molecule has 0 aliphatic carbocycles. The number of pyridine rings is 1. The van der Waals surface area contributed by atoms with E-state index < -0.39 is 17.0 Å². The van der Waals surface area contributed by atoms with Crippen molar-refractivity contribution in [3.8, 4) is 0 Å². The lowest BCUT2D eigenvalue weighted by molar-refractivity contribution is -0.486. The second kappa shape index (κ2) is 10.4. The van der Waals surface area contributed by atoms with Crippen molar-refractivity contribution in [2.45, 2.75) is 19.5 Å². The van der Waals surface area contributed by atoms with E-state index in [1.165, 1.54) is 0 Å². The van der Waals surface area contributed by atoms with Crippen LogP contribution in [-0.2, 0) is 16.1 Å². The Morgan fingerprint density at radius 1 is 1.32 bits per heavy atom. The van der Waals surface area contributed by atoms with Gasteiger partial charge in [0.05, 0.1) is 19.9 Å². The van der Waals surface area contributed by atoms with Gasteiger partial charge in [0.25, 0.3) is 5.96 Å². The summed E-state index contributed by atoms with van der Waals surface area (Å²) in [4.78, 5) is 31.2. The molecule has 0 amide bonds.